The van der Waals surface area contributed by atoms with Gasteiger partial charge in [0.15, 0.2) is 0 Å². The Hall–Kier alpha value is -2.60. The minimum Gasteiger partial charge on any atom is -0.492 e. The maximum absolute atomic E-state index is 12.1. The van der Waals surface area contributed by atoms with Crippen LogP contribution in [0.3, 0.4) is 0 Å². The van der Waals surface area contributed by atoms with E-state index in [1.807, 2.05) is 57.2 Å². The number of rotatable bonds is 5. The van der Waals surface area contributed by atoms with E-state index in [-0.39, 0.29) is 6.09 Å². The first-order chi connectivity index (χ1) is 13.8. The lowest BCUT2D eigenvalue weighted by atomic mass is 9.98. The monoisotopic (exact) mass is 397 g/mol. The highest BCUT2D eigenvalue weighted by molar-refractivity contribution is 5.68. The van der Waals surface area contributed by atoms with Crippen LogP contribution in [0.4, 0.5) is 4.79 Å². The molecule has 1 aliphatic heterocycles. The number of amides is 1. The van der Waals surface area contributed by atoms with Crippen LogP contribution in [-0.4, -0.2) is 41.3 Å². The summed E-state index contributed by atoms with van der Waals surface area (Å²) in [4.78, 5) is 18.4. The van der Waals surface area contributed by atoms with Gasteiger partial charge in [-0.1, -0.05) is 24.3 Å². The van der Waals surface area contributed by atoms with E-state index < -0.39 is 5.60 Å². The second kappa shape index (κ2) is 9.27. The minimum absolute atomic E-state index is 0.226. The Balaban J connectivity index is 1.45. The molecule has 3 rings (SSSR count). The number of carbonyl (C=O) groups excluding carboxylic acids is 1. The van der Waals surface area contributed by atoms with Gasteiger partial charge in [-0.2, -0.15) is 0 Å². The Kier molecular flexibility index (Phi) is 6.75. The van der Waals surface area contributed by atoms with E-state index in [0.717, 1.165) is 35.4 Å². The van der Waals surface area contributed by atoms with E-state index in [9.17, 15) is 4.79 Å². The zero-order valence-electron chi connectivity index (χ0n) is 17.6. The van der Waals surface area contributed by atoms with Gasteiger partial charge in [-0.15, -0.1) is 0 Å². The Morgan fingerprint density at radius 1 is 1.14 bits per heavy atom. The van der Waals surface area contributed by atoms with Crippen molar-refractivity contribution in [3.05, 3.63) is 48.2 Å². The van der Waals surface area contributed by atoms with Crippen LogP contribution in [0, 0.1) is 5.92 Å². The third-order valence-corrected chi connectivity index (χ3v) is 4.97. The van der Waals surface area contributed by atoms with Gasteiger partial charge in [-0.05, 0) is 57.2 Å². The molecule has 1 aliphatic rings. The third kappa shape index (κ3) is 6.19. The fourth-order valence-electron chi connectivity index (χ4n) is 3.27. The van der Waals surface area contributed by atoms with Crippen molar-refractivity contribution < 1.29 is 14.3 Å². The maximum Gasteiger partial charge on any atom is 0.410 e. The number of carbonyl (C=O) groups is 1. The SMILES string of the molecule is CC(C)(C)OC(=O)N1CCC(COc2ccc(-c3ccc(CN)cc3)nc2)CC1. The normalized spacial score (nSPS) is 15.2. The highest BCUT2D eigenvalue weighted by atomic mass is 16.6. The van der Waals surface area contributed by atoms with Crippen LogP contribution in [0.1, 0.15) is 39.2 Å². The summed E-state index contributed by atoms with van der Waals surface area (Å²) in [6, 6.07) is 12.0. The van der Waals surface area contributed by atoms with Crippen molar-refractivity contribution in [3.63, 3.8) is 0 Å². The lowest BCUT2D eigenvalue weighted by Crippen LogP contribution is -2.42. The van der Waals surface area contributed by atoms with E-state index in [0.29, 0.717) is 32.2 Å². The number of ether oxygens (including phenoxy) is 2. The lowest BCUT2D eigenvalue weighted by molar-refractivity contribution is 0.0165. The summed E-state index contributed by atoms with van der Waals surface area (Å²) < 4.78 is 11.4. The molecule has 1 amide bonds. The molecule has 2 aromatic rings. The number of likely N-dealkylation sites (tertiary alicyclic amines) is 1. The molecule has 1 saturated heterocycles. The van der Waals surface area contributed by atoms with Crippen molar-refractivity contribution in [1.82, 2.24) is 9.88 Å². The van der Waals surface area contributed by atoms with Gasteiger partial charge in [0.1, 0.15) is 11.4 Å². The van der Waals surface area contributed by atoms with E-state index in [1.165, 1.54) is 0 Å². The highest BCUT2D eigenvalue weighted by Gasteiger charge is 2.27. The number of nitrogens with two attached hydrogens (primary N) is 1. The molecule has 0 atom stereocenters. The zero-order chi connectivity index (χ0) is 20.9. The smallest absolute Gasteiger partial charge is 0.410 e. The molecule has 1 aromatic carbocycles. The summed E-state index contributed by atoms with van der Waals surface area (Å²) in [6.45, 7) is 8.25. The first kappa shape index (κ1) is 21.1. The maximum atomic E-state index is 12.1. The summed E-state index contributed by atoms with van der Waals surface area (Å²) in [6.07, 6.45) is 3.37. The zero-order valence-corrected chi connectivity index (χ0v) is 17.6. The largest absolute Gasteiger partial charge is 0.492 e. The molecule has 0 saturated carbocycles. The number of nitrogens with zero attached hydrogens (tertiary/aromatic N) is 2. The summed E-state index contributed by atoms with van der Waals surface area (Å²) in [5, 5.41) is 0. The van der Waals surface area contributed by atoms with Crippen LogP contribution in [0.25, 0.3) is 11.3 Å². The Morgan fingerprint density at radius 2 is 1.83 bits per heavy atom. The Labute approximate surface area is 173 Å². The topological polar surface area (TPSA) is 77.7 Å². The van der Waals surface area contributed by atoms with Gasteiger partial charge in [-0.3, -0.25) is 4.98 Å². The number of hydrogen-bond acceptors (Lipinski definition) is 5. The van der Waals surface area contributed by atoms with Crippen LogP contribution in [0.15, 0.2) is 42.6 Å². The van der Waals surface area contributed by atoms with Gasteiger partial charge < -0.3 is 20.1 Å². The van der Waals surface area contributed by atoms with Crippen molar-refractivity contribution in [2.24, 2.45) is 11.7 Å². The molecule has 1 fully saturated rings. The molecule has 0 aliphatic carbocycles. The number of hydrogen-bond donors (Lipinski definition) is 1. The Bertz CT molecular complexity index is 790. The van der Waals surface area contributed by atoms with Crippen LogP contribution in [0.5, 0.6) is 5.75 Å². The summed E-state index contributed by atoms with van der Waals surface area (Å²) in [5.74, 6) is 1.19. The molecule has 29 heavy (non-hydrogen) atoms. The standard InChI is InChI=1S/C23H31N3O3/c1-23(2,3)29-22(27)26-12-10-18(11-13-26)16-28-20-8-9-21(25-15-20)19-6-4-17(14-24)5-7-19/h4-9,15,18H,10-14,16,24H2,1-3H3. The molecule has 156 valence electrons. The molecule has 6 nitrogen and oxygen atoms in total. The molecule has 0 unspecified atom stereocenters. The van der Waals surface area contributed by atoms with Crippen LogP contribution in [0.2, 0.25) is 0 Å². The van der Waals surface area contributed by atoms with Crippen molar-refractivity contribution in [2.45, 2.75) is 45.8 Å². The molecule has 1 aromatic heterocycles. The summed E-state index contributed by atoms with van der Waals surface area (Å²) in [7, 11) is 0. The highest BCUT2D eigenvalue weighted by Crippen LogP contribution is 2.23. The number of benzene rings is 1. The van der Waals surface area contributed by atoms with Gasteiger partial charge in [0.2, 0.25) is 0 Å². The second-order valence-electron chi connectivity index (χ2n) is 8.50. The second-order valence-corrected chi connectivity index (χ2v) is 8.50. The fraction of sp³-hybridized carbons (Fsp3) is 0.478. The van der Waals surface area contributed by atoms with E-state index in [2.05, 4.69) is 4.98 Å². The van der Waals surface area contributed by atoms with Gasteiger partial charge in [0.25, 0.3) is 0 Å². The lowest BCUT2D eigenvalue weighted by Gasteiger charge is -2.33. The molecule has 2 heterocycles. The molecule has 0 radical (unpaired) electrons. The molecule has 0 bridgehead atoms. The number of piperidine rings is 1. The van der Waals surface area contributed by atoms with Crippen LogP contribution < -0.4 is 10.5 Å². The quantitative estimate of drug-likeness (QED) is 0.817. The predicted octanol–water partition coefficient (Wildman–Crippen LogP) is 4.23. The molecular formula is C23H31N3O3. The van der Waals surface area contributed by atoms with Crippen molar-refractivity contribution >= 4 is 6.09 Å². The van der Waals surface area contributed by atoms with Gasteiger partial charge in [-0.25, -0.2) is 4.79 Å². The van der Waals surface area contributed by atoms with Gasteiger partial charge in [0, 0.05) is 25.2 Å². The third-order valence-electron chi connectivity index (χ3n) is 4.97. The average Bonchev–Trinajstić information content (AvgIpc) is 2.72. The van der Waals surface area contributed by atoms with Crippen molar-refractivity contribution in [2.75, 3.05) is 19.7 Å². The van der Waals surface area contributed by atoms with Crippen LogP contribution >= 0.6 is 0 Å². The fourth-order valence-corrected chi connectivity index (χ4v) is 3.27. The first-order valence-electron chi connectivity index (χ1n) is 10.2. The van der Waals surface area contributed by atoms with Crippen molar-refractivity contribution in [1.29, 1.82) is 0 Å². The van der Waals surface area contributed by atoms with E-state index in [1.54, 1.807) is 11.1 Å². The number of aromatic nitrogens is 1. The molecule has 0 spiro atoms. The van der Waals surface area contributed by atoms with Gasteiger partial charge >= 0.3 is 6.09 Å². The van der Waals surface area contributed by atoms with E-state index >= 15 is 0 Å². The molecule has 2 N–H and O–H groups in total. The van der Waals surface area contributed by atoms with Crippen molar-refractivity contribution in [3.8, 4) is 17.0 Å². The summed E-state index contributed by atoms with van der Waals surface area (Å²) in [5.41, 5.74) is 8.26. The van der Waals surface area contributed by atoms with Gasteiger partial charge in [0.05, 0.1) is 18.5 Å². The molecular weight excluding hydrogens is 366 g/mol. The van der Waals surface area contributed by atoms with E-state index in [4.69, 9.17) is 15.2 Å². The summed E-state index contributed by atoms with van der Waals surface area (Å²) >= 11 is 0. The first-order valence-corrected chi connectivity index (χ1v) is 10.2. The predicted molar refractivity (Wildman–Crippen MR) is 114 cm³/mol. The minimum atomic E-state index is -0.456. The average molecular weight is 398 g/mol. The van der Waals surface area contributed by atoms with Crippen LogP contribution in [-0.2, 0) is 11.3 Å². The molecule has 6 heteroatoms. The Morgan fingerprint density at radius 3 is 2.38 bits per heavy atom. The number of pyridine rings is 1.